The lowest BCUT2D eigenvalue weighted by Gasteiger charge is -2.53. The van der Waals surface area contributed by atoms with Crippen LogP contribution in [0.4, 0.5) is 16.3 Å². The zero-order chi connectivity index (χ0) is 46.1. The number of phosphoric acid groups is 3. The second-order valence-corrected chi connectivity index (χ2v) is 21.1. The van der Waals surface area contributed by atoms with Crippen LogP contribution < -0.4 is 21.7 Å². The second-order valence-electron chi connectivity index (χ2n) is 16.7. The number of imidazole rings is 1. The highest BCUT2D eigenvalue weighted by Gasteiger charge is 2.51. The smallest absolute Gasteiger partial charge is 0.440 e. The van der Waals surface area contributed by atoms with E-state index in [0.717, 1.165) is 56.7 Å². The van der Waals surface area contributed by atoms with E-state index in [2.05, 4.69) is 59.9 Å². The summed E-state index contributed by atoms with van der Waals surface area (Å²) in [5.74, 6) is 2.48. The number of carbonyl (C=O) groups excluding carboxylic acids is 2. The van der Waals surface area contributed by atoms with E-state index in [1.54, 1.807) is 0 Å². The van der Waals surface area contributed by atoms with E-state index in [4.69, 9.17) is 34.3 Å². The van der Waals surface area contributed by atoms with E-state index in [0.29, 0.717) is 40.7 Å². The fourth-order valence-corrected chi connectivity index (χ4v) is 12.4. The van der Waals surface area contributed by atoms with Gasteiger partial charge in [-0.15, -0.1) is 0 Å². The van der Waals surface area contributed by atoms with Gasteiger partial charge in [0, 0.05) is 24.3 Å². The number of hydrogen-bond acceptors (Lipinski definition) is 18. The molecule has 352 valence electrons. The van der Waals surface area contributed by atoms with E-state index < -0.39 is 60.7 Å². The van der Waals surface area contributed by atoms with E-state index in [1.165, 1.54) is 10.9 Å². The molecule has 1 aromatic carbocycles. The summed E-state index contributed by atoms with van der Waals surface area (Å²) in [5, 5.41) is 20.0. The molecule has 0 radical (unpaired) electrons. The Kier molecular flexibility index (Phi) is 14.7. The van der Waals surface area contributed by atoms with Crippen molar-refractivity contribution in [2.24, 2.45) is 23.7 Å². The van der Waals surface area contributed by atoms with Crippen LogP contribution in [0.5, 0.6) is 0 Å². The third-order valence-electron chi connectivity index (χ3n) is 12.1. The first kappa shape index (κ1) is 48.1. The number of carbonyl (C=O) groups is 2. The van der Waals surface area contributed by atoms with Crippen LogP contribution in [0.2, 0.25) is 0 Å². The second kappa shape index (κ2) is 19.5. The number of aliphatic hydroxyl groups excluding tert-OH is 1. The standard InChI is InChI=1S/C37H53N8O16P3/c1-19-4-7-25-27(12-19)57-28-13-20(2)5-8-26(28)30(25)24-9-6-23(14-22(24)15-46)44-21(3)39-10-11-40-37(48)59-33-29(16-56-63(52,53)61-64(54,55)60-62(49,50)51)58-36(32(33)47)45-18-43-31-34(38)41-17-42-35(31)45/h6,9,14-15,17-20,25-30,32-33,36,39,44,47H,3-5,7-8,10-13,16H2,1-2H3,(H,40,48)(H,52,53)(H,54,55)(H2,38,41,42)(H2,49,50,51)/t19?,20?,25?,26?,27?,28?,29-,30?,32+,33?,36-/m1/s1. The highest BCUT2D eigenvalue weighted by Crippen LogP contribution is 2.66. The van der Waals surface area contributed by atoms with E-state index in [1.807, 2.05) is 18.2 Å². The molecule has 4 fully saturated rings. The summed E-state index contributed by atoms with van der Waals surface area (Å²) in [6, 6.07) is 5.79. The molecule has 4 aliphatic rings. The highest BCUT2D eigenvalue weighted by molar-refractivity contribution is 7.66. The van der Waals surface area contributed by atoms with Gasteiger partial charge in [-0.1, -0.05) is 39.3 Å². The number of anilines is 2. The number of aromatic nitrogens is 4. The normalized spacial score (nSPS) is 31.1. The number of phosphoric ester groups is 1. The van der Waals surface area contributed by atoms with Gasteiger partial charge in [0.2, 0.25) is 0 Å². The first-order chi connectivity index (χ1) is 30.2. The fourth-order valence-electron chi connectivity index (χ4n) is 9.42. The molecule has 64 heavy (non-hydrogen) atoms. The Balaban J connectivity index is 0.955. The summed E-state index contributed by atoms with van der Waals surface area (Å²) in [7, 11) is -17.2. The fraction of sp³-hybridized carbons (Fsp3) is 0.595. The molecule has 2 aromatic heterocycles. The zero-order valence-corrected chi connectivity index (χ0v) is 37.5. The van der Waals surface area contributed by atoms with Crippen molar-refractivity contribution in [2.45, 2.75) is 95.0 Å². The Morgan fingerprint density at radius 3 is 2.28 bits per heavy atom. The first-order valence-corrected chi connectivity index (χ1v) is 25.2. The molecule has 2 saturated carbocycles. The van der Waals surface area contributed by atoms with Gasteiger partial charge < -0.3 is 60.6 Å². The molecular weight excluding hydrogens is 905 g/mol. The molecule has 2 saturated heterocycles. The number of nitrogens with zero attached hydrogens (tertiary/aromatic N) is 4. The summed E-state index contributed by atoms with van der Waals surface area (Å²) in [5.41, 5.74) is 8.39. The van der Waals surface area contributed by atoms with Gasteiger partial charge >= 0.3 is 29.6 Å². The lowest BCUT2D eigenvalue weighted by atomic mass is 9.60. The minimum absolute atomic E-state index is 0.00734. The van der Waals surface area contributed by atoms with Crippen LogP contribution in [0.15, 0.2) is 43.3 Å². The molecule has 9 unspecified atom stereocenters. The van der Waals surface area contributed by atoms with Crippen LogP contribution in [-0.2, 0) is 41.1 Å². The number of ether oxygens (including phenoxy) is 3. The zero-order valence-electron chi connectivity index (χ0n) is 34.8. The third-order valence-corrected chi connectivity index (χ3v) is 15.9. The number of rotatable bonds is 17. The van der Waals surface area contributed by atoms with E-state index in [-0.39, 0.29) is 48.2 Å². The van der Waals surface area contributed by atoms with Crippen LogP contribution >= 0.6 is 23.5 Å². The van der Waals surface area contributed by atoms with Crippen molar-refractivity contribution in [3.8, 4) is 0 Å². The molecule has 4 heterocycles. The molecule has 27 heteroatoms. The molecule has 3 aromatic rings. The molecule has 12 atom stereocenters. The molecule has 2 aliphatic carbocycles. The van der Waals surface area contributed by atoms with Crippen molar-refractivity contribution in [1.82, 2.24) is 30.2 Å². The number of nitrogens with one attached hydrogen (secondary N) is 3. The van der Waals surface area contributed by atoms with Gasteiger partial charge in [-0.3, -0.25) is 13.9 Å². The molecule has 2 aliphatic heterocycles. The SMILES string of the molecule is C=C(NCCNC(=O)OC1[C@@H](COP(=O)(O)OP(=O)(O)OP(=O)(O)O)O[C@@H](n2cnc3c(N)ncnc32)[C@H]1O)Nc1ccc(C2C3CCC(C)CC3OC3CC(C)CCC32)c(C=O)c1. The van der Waals surface area contributed by atoms with Crippen LogP contribution in [0.3, 0.4) is 0 Å². The van der Waals surface area contributed by atoms with Gasteiger partial charge in [0.05, 0.1) is 31.0 Å². The Bertz CT molecular complexity index is 2330. The number of alkyl carbamates (subject to hydrolysis) is 1. The lowest BCUT2D eigenvalue weighted by Crippen LogP contribution is -2.50. The summed E-state index contributed by atoms with van der Waals surface area (Å²) < 4.78 is 66.9. The monoisotopic (exact) mass is 958 g/mol. The number of aldehydes is 1. The largest absolute Gasteiger partial charge is 0.490 e. The maximum Gasteiger partial charge on any atom is 0.490 e. The summed E-state index contributed by atoms with van der Waals surface area (Å²) in [6.45, 7) is 7.58. The number of hydrogen-bond donors (Lipinski definition) is 9. The maximum absolute atomic E-state index is 13.0. The molecule has 7 rings (SSSR count). The predicted molar refractivity (Wildman–Crippen MR) is 225 cm³/mol. The van der Waals surface area contributed by atoms with Crippen LogP contribution in [0.25, 0.3) is 11.2 Å². The number of fused-ring (bicyclic) bond motifs is 3. The van der Waals surface area contributed by atoms with Gasteiger partial charge in [0.15, 0.2) is 23.8 Å². The lowest BCUT2D eigenvalue weighted by molar-refractivity contribution is -0.164. The molecule has 24 nitrogen and oxygen atoms in total. The molecular formula is C37H53N8O16P3. The summed E-state index contributed by atoms with van der Waals surface area (Å²) >= 11 is 0. The van der Waals surface area contributed by atoms with Crippen LogP contribution in [0.1, 0.15) is 80.4 Å². The van der Waals surface area contributed by atoms with Crippen LogP contribution in [0, 0.1) is 23.7 Å². The van der Waals surface area contributed by atoms with Gasteiger partial charge in [-0.2, -0.15) is 8.62 Å². The number of nitrogens with two attached hydrogens (primary N) is 1. The van der Waals surface area contributed by atoms with Crippen molar-refractivity contribution in [3.63, 3.8) is 0 Å². The molecule has 0 bridgehead atoms. The Morgan fingerprint density at radius 1 is 0.953 bits per heavy atom. The number of nitrogen functional groups attached to an aromatic ring is 1. The molecule has 0 spiro atoms. The van der Waals surface area contributed by atoms with E-state index >= 15 is 0 Å². The van der Waals surface area contributed by atoms with Crippen molar-refractivity contribution in [2.75, 3.05) is 30.7 Å². The van der Waals surface area contributed by atoms with E-state index in [9.17, 15) is 38.2 Å². The third kappa shape index (κ3) is 11.4. The summed E-state index contributed by atoms with van der Waals surface area (Å²) in [4.78, 5) is 74.9. The number of amides is 1. The summed E-state index contributed by atoms with van der Waals surface area (Å²) in [6.07, 6.45) is 2.54. The first-order valence-electron chi connectivity index (χ1n) is 20.6. The average Bonchev–Trinajstić information content (AvgIpc) is 3.77. The Hall–Kier alpha value is -3.86. The topological polar surface area (TPSA) is 348 Å². The molecule has 10 N–H and O–H groups in total. The Morgan fingerprint density at radius 2 is 1.62 bits per heavy atom. The molecule has 1 amide bonds. The minimum Gasteiger partial charge on any atom is -0.440 e. The van der Waals surface area contributed by atoms with Gasteiger partial charge in [-0.25, -0.2) is 33.4 Å². The van der Waals surface area contributed by atoms with Crippen molar-refractivity contribution < 1.29 is 75.3 Å². The quantitative estimate of drug-likeness (QED) is 0.0527. The van der Waals surface area contributed by atoms with Crippen molar-refractivity contribution in [3.05, 3.63) is 54.4 Å². The predicted octanol–water partition coefficient (Wildman–Crippen LogP) is 3.81. The van der Waals surface area contributed by atoms with Crippen LogP contribution in [-0.4, -0.2) is 107 Å². The minimum atomic E-state index is -5.86. The van der Waals surface area contributed by atoms with Gasteiger partial charge in [0.1, 0.15) is 30.3 Å². The van der Waals surface area contributed by atoms with Crippen molar-refractivity contribution >= 4 is 58.5 Å². The number of benzene rings is 1. The van der Waals surface area contributed by atoms with Crippen molar-refractivity contribution in [1.29, 1.82) is 0 Å². The highest BCUT2D eigenvalue weighted by atomic mass is 31.3. The average molecular weight is 959 g/mol. The Labute approximate surface area is 367 Å². The van der Waals surface area contributed by atoms with Gasteiger partial charge in [-0.05, 0) is 73.0 Å². The number of aliphatic hydroxyl groups is 1. The maximum atomic E-state index is 13.0. The van der Waals surface area contributed by atoms with Gasteiger partial charge in [0.25, 0.3) is 0 Å².